The summed E-state index contributed by atoms with van der Waals surface area (Å²) in [7, 11) is -3.58. The second kappa shape index (κ2) is 4.32. The van der Waals surface area contributed by atoms with Crippen molar-refractivity contribution < 1.29 is 8.42 Å². The number of aromatic nitrogens is 1. The Hall–Kier alpha value is -1.93. The van der Waals surface area contributed by atoms with E-state index >= 15 is 0 Å². The van der Waals surface area contributed by atoms with Gasteiger partial charge in [-0.2, -0.15) is 8.42 Å². The highest BCUT2D eigenvalue weighted by Gasteiger charge is 2.25. The van der Waals surface area contributed by atoms with Gasteiger partial charge in [0.2, 0.25) is 0 Å². The molecule has 0 bridgehead atoms. The third-order valence-corrected chi connectivity index (χ3v) is 4.68. The number of thiazole rings is 1. The molecule has 0 saturated carbocycles. The smallest absolute Gasteiger partial charge is 0.285 e. The second-order valence-electron chi connectivity index (χ2n) is 3.97. The number of hydrogen-bond donors (Lipinski definition) is 1. The summed E-state index contributed by atoms with van der Waals surface area (Å²) in [6.45, 7) is 0.434. The van der Waals surface area contributed by atoms with Crippen LogP contribution < -0.4 is 10.6 Å². The maximum absolute atomic E-state index is 11.8. The lowest BCUT2D eigenvalue weighted by Gasteiger charge is -2.24. The fourth-order valence-electron chi connectivity index (χ4n) is 1.85. The standard InChI is InChI=1S/C11H10N4O2S2/c12-11-14-8(6-18-11)5-15-7-13-19(16,17)10-4-2-1-3-9(10)15/h1-4,6-7H,5H2,(H2,12,14). The zero-order chi connectivity index (χ0) is 13.5. The third kappa shape index (κ3) is 2.20. The first-order valence-electron chi connectivity index (χ1n) is 5.42. The van der Waals surface area contributed by atoms with Gasteiger partial charge in [0.05, 0.1) is 17.9 Å². The van der Waals surface area contributed by atoms with Crippen LogP contribution in [0, 0.1) is 0 Å². The molecule has 0 aliphatic carbocycles. The average molecular weight is 294 g/mol. The molecule has 19 heavy (non-hydrogen) atoms. The molecule has 3 rings (SSSR count). The number of rotatable bonds is 2. The Morgan fingerprint density at radius 3 is 2.84 bits per heavy atom. The molecule has 1 aromatic heterocycles. The van der Waals surface area contributed by atoms with Crippen molar-refractivity contribution >= 4 is 38.5 Å². The zero-order valence-corrected chi connectivity index (χ0v) is 11.4. The third-order valence-electron chi connectivity index (χ3n) is 2.68. The Labute approximate surface area is 114 Å². The number of sulfonamides is 1. The van der Waals surface area contributed by atoms with Crippen molar-refractivity contribution in [1.29, 1.82) is 0 Å². The van der Waals surface area contributed by atoms with Gasteiger partial charge in [0, 0.05) is 5.38 Å². The van der Waals surface area contributed by atoms with E-state index in [-0.39, 0.29) is 4.90 Å². The molecule has 0 saturated heterocycles. The molecule has 0 radical (unpaired) electrons. The number of nitrogens with zero attached hydrogens (tertiary/aromatic N) is 3. The summed E-state index contributed by atoms with van der Waals surface area (Å²) in [4.78, 5) is 6.11. The van der Waals surface area contributed by atoms with Crippen LogP contribution in [-0.2, 0) is 16.6 Å². The van der Waals surface area contributed by atoms with Crippen LogP contribution in [0.15, 0.2) is 38.9 Å². The fraction of sp³-hybridized carbons (Fsp3) is 0.0909. The van der Waals surface area contributed by atoms with Crippen LogP contribution in [0.5, 0.6) is 0 Å². The first-order chi connectivity index (χ1) is 9.06. The molecule has 1 aliphatic rings. The van der Waals surface area contributed by atoms with Crippen molar-refractivity contribution in [3.8, 4) is 0 Å². The summed E-state index contributed by atoms with van der Waals surface area (Å²) in [5.41, 5.74) is 6.96. The quantitative estimate of drug-likeness (QED) is 0.906. The minimum atomic E-state index is -3.58. The van der Waals surface area contributed by atoms with E-state index in [9.17, 15) is 8.42 Å². The summed E-state index contributed by atoms with van der Waals surface area (Å²) in [6.07, 6.45) is 1.31. The number of nitrogens with two attached hydrogens (primary N) is 1. The summed E-state index contributed by atoms with van der Waals surface area (Å²) in [5.74, 6) is 0. The molecule has 0 unspecified atom stereocenters. The SMILES string of the molecule is Nc1nc(CN2C=NS(=O)(=O)c3ccccc32)cs1. The molecule has 8 heteroatoms. The molecule has 0 atom stereocenters. The first-order valence-corrected chi connectivity index (χ1v) is 7.74. The van der Waals surface area contributed by atoms with Gasteiger partial charge in [0.25, 0.3) is 10.0 Å². The lowest BCUT2D eigenvalue weighted by Crippen LogP contribution is -2.26. The largest absolute Gasteiger partial charge is 0.375 e. The van der Waals surface area contributed by atoms with E-state index in [1.807, 2.05) is 5.38 Å². The number of benzene rings is 1. The number of fused-ring (bicyclic) bond motifs is 1. The topological polar surface area (TPSA) is 88.7 Å². The van der Waals surface area contributed by atoms with Crippen LogP contribution in [-0.4, -0.2) is 19.7 Å². The molecule has 0 spiro atoms. The highest BCUT2D eigenvalue weighted by molar-refractivity contribution is 7.90. The summed E-state index contributed by atoms with van der Waals surface area (Å²) in [5, 5.41) is 2.33. The van der Waals surface area contributed by atoms with E-state index in [0.29, 0.717) is 17.4 Å². The number of hydrogen-bond acceptors (Lipinski definition) is 6. The predicted molar refractivity (Wildman–Crippen MR) is 74.8 cm³/mol. The molecule has 2 heterocycles. The second-order valence-corrected chi connectivity index (χ2v) is 6.46. The Bertz CT molecular complexity index is 752. The monoisotopic (exact) mass is 294 g/mol. The van der Waals surface area contributed by atoms with Crippen molar-refractivity contribution in [2.24, 2.45) is 4.40 Å². The normalized spacial score (nSPS) is 16.3. The average Bonchev–Trinajstić information content (AvgIpc) is 2.79. The molecule has 1 aromatic carbocycles. The van der Waals surface area contributed by atoms with Gasteiger partial charge in [0.15, 0.2) is 5.13 Å². The van der Waals surface area contributed by atoms with E-state index in [2.05, 4.69) is 9.38 Å². The molecule has 0 fully saturated rings. The van der Waals surface area contributed by atoms with Crippen LogP contribution >= 0.6 is 11.3 Å². The van der Waals surface area contributed by atoms with Gasteiger partial charge in [-0.05, 0) is 12.1 Å². The van der Waals surface area contributed by atoms with E-state index in [1.54, 1.807) is 29.2 Å². The van der Waals surface area contributed by atoms with Gasteiger partial charge in [0.1, 0.15) is 11.2 Å². The zero-order valence-electron chi connectivity index (χ0n) is 9.72. The van der Waals surface area contributed by atoms with Crippen LogP contribution in [0.3, 0.4) is 0 Å². The summed E-state index contributed by atoms with van der Waals surface area (Å²) in [6, 6.07) is 6.75. The maximum Gasteiger partial charge on any atom is 0.285 e. The van der Waals surface area contributed by atoms with E-state index in [1.165, 1.54) is 17.7 Å². The molecule has 98 valence electrons. The molecule has 2 N–H and O–H groups in total. The first kappa shape index (κ1) is 12.1. The van der Waals surface area contributed by atoms with Crippen LogP contribution in [0.4, 0.5) is 10.8 Å². The highest BCUT2D eigenvalue weighted by atomic mass is 32.2. The number of nitrogen functional groups attached to an aromatic ring is 1. The minimum absolute atomic E-state index is 0.209. The van der Waals surface area contributed by atoms with E-state index < -0.39 is 10.0 Å². The molecule has 2 aromatic rings. The molecule has 6 nitrogen and oxygen atoms in total. The van der Waals surface area contributed by atoms with Crippen LogP contribution in [0.1, 0.15) is 5.69 Å². The van der Waals surface area contributed by atoms with Crippen molar-refractivity contribution in [1.82, 2.24) is 4.98 Å². The van der Waals surface area contributed by atoms with Crippen molar-refractivity contribution in [3.05, 3.63) is 35.3 Å². The fourth-order valence-corrected chi connectivity index (χ4v) is 3.45. The Balaban J connectivity index is 2.01. The van der Waals surface area contributed by atoms with E-state index in [0.717, 1.165) is 5.69 Å². The lowest BCUT2D eigenvalue weighted by molar-refractivity contribution is 0.597. The summed E-state index contributed by atoms with van der Waals surface area (Å²) >= 11 is 1.35. The van der Waals surface area contributed by atoms with Crippen molar-refractivity contribution in [3.63, 3.8) is 0 Å². The van der Waals surface area contributed by atoms with Gasteiger partial charge in [-0.1, -0.05) is 12.1 Å². The molecule has 1 aliphatic heterocycles. The van der Waals surface area contributed by atoms with Gasteiger partial charge < -0.3 is 10.6 Å². The molecule has 0 amide bonds. The van der Waals surface area contributed by atoms with Gasteiger partial charge in [-0.3, -0.25) is 0 Å². The number of anilines is 2. The van der Waals surface area contributed by atoms with Crippen molar-refractivity contribution in [2.75, 3.05) is 10.6 Å². The van der Waals surface area contributed by atoms with Gasteiger partial charge in [-0.25, -0.2) is 4.98 Å². The molecular formula is C11H10N4O2S2. The van der Waals surface area contributed by atoms with Crippen LogP contribution in [0.25, 0.3) is 0 Å². The van der Waals surface area contributed by atoms with Crippen molar-refractivity contribution in [2.45, 2.75) is 11.4 Å². The Kier molecular flexibility index (Phi) is 2.76. The maximum atomic E-state index is 11.8. The number of para-hydroxylation sites is 1. The lowest BCUT2D eigenvalue weighted by atomic mass is 10.3. The van der Waals surface area contributed by atoms with E-state index in [4.69, 9.17) is 5.73 Å². The summed E-state index contributed by atoms with van der Waals surface area (Å²) < 4.78 is 27.2. The van der Waals surface area contributed by atoms with Gasteiger partial charge in [-0.15, -0.1) is 15.7 Å². The Morgan fingerprint density at radius 1 is 1.32 bits per heavy atom. The predicted octanol–water partition coefficient (Wildman–Crippen LogP) is 1.46. The van der Waals surface area contributed by atoms with Gasteiger partial charge >= 0.3 is 0 Å². The molecular weight excluding hydrogens is 284 g/mol. The highest BCUT2D eigenvalue weighted by Crippen LogP contribution is 2.30. The minimum Gasteiger partial charge on any atom is -0.375 e. The Morgan fingerprint density at radius 2 is 2.11 bits per heavy atom. The van der Waals surface area contributed by atoms with Crippen LogP contribution in [0.2, 0.25) is 0 Å².